The Morgan fingerprint density at radius 3 is 2.81 bits per heavy atom. The zero-order chi connectivity index (χ0) is 11.5. The third-order valence-corrected chi connectivity index (χ3v) is 3.53. The van der Waals surface area contributed by atoms with Crippen molar-refractivity contribution < 1.29 is 4.42 Å². The number of furan rings is 1. The van der Waals surface area contributed by atoms with Crippen LogP contribution >= 0.6 is 11.3 Å². The molecule has 1 N–H and O–H groups in total. The summed E-state index contributed by atoms with van der Waals surface area (Å²) in [5.74, 6) is 1.92. The van der Waals surface area contributed by atoms with Crippen molar-refractivity contribution in [3.05, 3.63) is 39.7 Å². The maximum atomic E-state index is 5.50. The first-order valence-corrected chi connectivity index (χ1v) is 6.24. The molecule has 0 spiro atoms. The molecule has 0 aliphatic carbocycles. The van der Waals surface area contributed by atoms with Gasteiger partial charge in [0.05, 0.1) is 12.6 Å². The van der Waals surface area contributed by atoms with E-state index in [2.05, 4.69) is 22.6 Å². The van der Waals surface area contributed by atoms with Crippen molar-refractivity contribution in [2.45, 2.75) is 33.4 Å². The number of nitrogens with zero attached hydrogens (tertiary/aromatic N) is 1. The minimum atomic E-state index is 0.268. The van der Waals surface area contributed by atoms with E-state index in [0.29, 0.717) is 0 Å². The SMILES string of the molecule is Cc1csc(C(C)NCc2ccc(C)o2)n1. The van der Waals surface area contributed by atoms with Gasteiger partial charge in [0.25, 0.3) is 0 Å². The van der Waals surface area contributed by atoms with Crippen LogP contribution in [0.4, 0.5) is 0 Å². The van der Waals surface area contributed by atoms with Crippen LogP contribution in [0.25, 0.3) is 0 Å². The van der Waals surface area contributed by atoms with Crippen LogP contribution in [-0.2, 0) is 6.54 Å². The van der Waals surface area contributed by atoms with Gasteiger partial charge in [0.15, 0.2) is 0 Å². The van der Waals surface area contributed by atoms with Crippen molar-refractivity contribution in [1.82, 2.24) is 10.3 Å². The van der Waals surface area contributed by atoms with Gasteiger partial charge in [-0.05, 0) is 32.9 Å². The average Bonchev–Trinajstić information content (AvgIpc) is 2.84. The van der Waals surface area contributed by atoms with E-state index < -0.39 is 0 Å². The summed E-state index contributed by atoms with van der Waals surface area (Å²) in [4.78, 5) is 4.45. The summed E-state index contributed by atoms with van der Waals surface area (Å²) in [6, 6.07) is 4.25. The molecule has 2 heterocycles. The maximum absolute atomic E-state index is 5.50. The number of aromatic nitrogens is 1. The molecule has 0 bridgehead atoms. The Morgan fingerprint density at radius 2 is 2.25 bits per heavy atom. The van der Waals surface area contributed by atoms with Crippen LogP contribution in [0.1, 0.15) is 35.2 Å². The third-order valence-electron chi connectivity index (χ3n) is 2.39. The Morgan fingerprint density at radius 1 is 1.44 bits per heavy atom. The first-order valence-electron chi connectivity index (χ1n) is 5.36. The molecule has 2 rings (SSSR count). The van der Waals surface area contributed by atoms with Gasteiger partial charge >= 0.3 is 0 Å². The van der Waals surface area contributed by atoms with Gasteiger partial charge in [0.1, 0.15) is 16.5 Å². The quantitative estimate of drug-likeness (QED) is 0.885. The molecule has 3 nitrogen and oxygen atoms in total. The van der Waals surface area contributed by atoms with Crippen LogP contribution in [0, 0.1) is 13.8 Å². The number of nitrogens with one attached hydrogen (secondary N) is 1. The van der Waals surface area contributed by atoms with Crippen LogP contribution in [0.5, 0.6) is 0 Å². The lowest BCUT2D eigenvalue weighted by Gasteiger charge is -2.09. The molecule has 0 fully saturated rings. The minimum Gasteiger partial charge on any atom is -0.465 e. The van der Waals surface area contributed by atoms with Crippen molar-refractivity contribution in [3.8, 4) is 0 Å². The number of thiazole rings is 1. The molecule has 0 saturated carbocycles. The van der Waals surface area contributed by atoms with E-state index in [9.17, 15) is 0 Å². The van der Waals surface area contributed by atoms with Gasteiger partial charge in [-0.25, -0.2) is 4.98 Å². The summed E-state index contributed by atoms with van der Waals surface area (Å²) < 4.78 is 5.50. The van der Waals surface area contributed by atoms with Crippen LogP contribution in [0.3, 0.4) is 0 Å². The molecular formula is C12H16N2OS. The van der Waals surface area contributed by atoms with Crippen molar-refractivity contribution >= 4 is 11.3 Å². The lowest BCUT2D eigenvalue weighted by atomic mass is 10.3. The highest BCUT2D eigenvalue weighted by Crippen LogP contribution is 2.18. The molecule has 2 aromatic heterocycles. The first kappa shape index (κ1) is 11.4. The van der Waals surface area contributed by atoms with Crippen LogP contribution < -0.4 is 5.32 Å². The number of hydrogen-bond acceptors (Lipinski definition) is 4. The first-order chi connectivity index (χ1) is 7.65. The zero-order valence-corrected chi connectivity index (χ0v) is 10.6. The lowest BCUT2D eigenvalue weighted by Crippen LogP contribution is -2.17. The molecular weight excluding hydrogens is 220 g/mol. The van der Waals surface area contributed by atoms with Crippen LogP contribution in [0.15, 0.2) is 21.9 Å². The van der Waals surface area contributed by atoms with E-state index in [1.54, 1.807) is 11.3 Å². The van der Waals surface area contributed by atoms with Crippen molar-refractivity contribution in [3.63, 3.8) is 0 Å². The molecule has 1 unspecified atom stereocenters. The minimum absolute atomic E-state index is 0.268. The Kier molecular flexibility index (Phi) is 3.41. The number of hydrogen-bond donors (Lipinski definition) is 1. The molecule has 0 aliphatic rings. The van der Waals surface area contributed by atoms with Gasteiger partial charge in [-0.3, -0.25) is 0 Å². The van der Waals surface area contributed by atoms with E-state index in [4.69, 9.17) is 4.42 Å². The Labute approximate surface area is 99.5 Å². The van der Waals surface area contributed by atoms with Gasteiger partial charge < -0.3 is 9.73 Å². The molecule has 0 aromatic carbocycles. The number of rotatable bonds is 4. The van der Waals surface area contributed by atoms with Crippen LogP contribution in [-0.4, -0.2) is 4.98 Å². The fraction of sp³-hybridized carbons (Fsp3) is 0.417. The van der Waals surface area contributed by atoms with E-state index >= 15 is 0 Å². The van der Waals surface area contributed by atoms with Gasteiger partial charge in [-0.2, -0.15) is 0 Å². The highest BCUT2D eigenvalue weighted by atomic mass is 32.1. The number of aryl methyl sites for hydroxylation is 2. The Bertz CT molecular complexity index is 461. The van der Waals surface area contributed by atoms with E-state index in [1.807, 2.05) is 26.0 Å². The van der Waals surface area contributed by atoms with Gasteiger partial charge in [-0.15, -0.1) is 11.3 Å². The molecule has 16 heavy (non-hydrogen) atoms. The predicted octanol–water partition coefficient (Wildman–Crippen LogP) is 3.20. The molecule has 0 amide bonds. The lowest BCUT2D eigenvalue weighted by molar-refractivity contribution is 0.443. The van der Waals surface area contributed by atoms with Gasteiger partial charge in [-0.1, -0.05) is 0 Å². The standard InChI is InChI=1S/C12H16N2OS/c1-8-7-16-12(14-8)10(3)13-6-11-5-4-9(2)15-11/h4-5,7,10,13H,6H2,1-3H3. The second-order valence-corrected chi connectivity index (χ2v) is 4.83. The van der Waals surface area contributed by atoms with Crippen LogP contribution in [0.2, 0.25) is 0 Å². The van der Waals surface area contributed by atoms with E-state index in [1.165, 1.54) is 0 Å². The van der Waals surface area contributed by atoms with Gasteiger partial charge in [0.2, 0.25) is 0 Å². The fourth-order valence-electron chi connectivity index (χ4n) is 1.49. The van der Waals surface area contributed by atoms with Crippen molar-refractivity contribution in [2.75, 3.05) is 0 Å². The van der Waals surface area contributed by atoms with E-state index in [0.717, 1.165) is 28.8 Å². The summed E-state index contributed by atoms with van der Waals surface area (Å²) in [5, 5.41) is 6.60. The fourth-order valence-corrected chi connectivity index (χ4v) is 2.32. The predicted molar refractivity (Wildman–Crippen MR) is 65.6 cm³/mol. The second-order valence-electron chi connectivity index (χ2n) is 3.94. The molecule has 0 aliphatic heterocycles. The monoisotopic (exact) mass is 236 g/mol. The average molecular weight is 236 g/mol. The highest BCUT2D eigenvalue weighted by Gasteiger charge is 2.09. The molecule has 1 atom stereocenters. The largest absolute Gasteiger partial charge is 0.465 e. The topological polar surface area (TPSA) is 38.1 Å². The normalized spacial score (nSPS) is 12.9. The molecule has 4 heteroatoms. The smallest absolute Gasteiger partial charge is 0.117 e. The van der Waals surface area contributed by atoms with E-state index in [-0.39, 0.29) is 6.04 Å². The Hall–Kier alpha value is -1.13. The summed E-state index contributed by atoms with van der Waals surface area (Å²) in [7, 11) is 0. The van der Waals surface area contributed by atoms with Crippen molar-refractivity contribution in [2.24, 2.45) is 0 Å². The molecule has 0 radical (unpaired) electrons. The summed E-state index contributed by atoms with van der Waals surface area (Å²) in [6.45, 7) is 6.83. The molecule has 0 saturated heterocycles. The van der Waals surface area contributed by atoms with Gasteiger partial charge in [0, 0.05) is 11.1 Å². The molecule has 86 valence electrons. The summed E-state index contributed by atoms with van der Waals surface area (Å²) in [5.41, 5.74) is 1.09. The van der Waals surface area contributed by atoms with Crippen molar-refractivity contribution in [1.29, 1.82) is 0 Å². The zero-order valence-electron chi connectivity index (χ0n) is 9.78. The molecule has 2 aromatic rings. The maximum Gasteiger partial charge on any atom is 0.117 e. The second kappa shape index (κ2) is 4.80. The summed E-state index contributed by atoms with van der Waals surface area (Å²) >= 11 is 1.69. The third kappa shape index (κ3) is 2.71. The highest BCUT2D eigenvalue weighted by molar-refractivity contribution is 7.09. The summed E-state index contributed by atoms with van der Waals surface area (Å²) in [6.07, 6.45) is 0. The Balaban J connectivity index is 1.91.